The van der Waals surface area contributed by atoms with Crippen molar-refractivity contribution in [3.63, 3.8) is 0 Å². The number of hydrogen-bond donors (Lipinski definition) is 4. The Morgan fingerprint density at radius 1 is 1.38 bits per heavy atom. The zero-order chi connectivity index (χ0) is 11.7. The number of nitrogens with two attached hydrogens (primary N) is 2. The molecule has 7 nitrogen and oxygen atoms in total. The molecule has 0 aliphatic heterocycles. The molecular formula is C9H14N6O. The van der Waals surface area contributed by atoms with Gasteiger partial charge in [-0.1, -0.05) is 0 Å². The third-order valence-electron chi connectivity index (χ3n) is 2.27. The summed E-state index contributed by atoms with van der Waals surface area (Å²) in [5.74, 6) is 0.777. The van der Waals surface area contributed by atoms with Crippen molar-refractivity contribution in [3.05, 3.63) is 16.2 Å². The van der Waals surface area contributed by atoms with E-state index < -0.39 is 0 Å². The van der Waals surface area contributed by atoms with Crippen LogP contribution in [0, 0.1) is 0 Å². The molecule has 16 heavy (non-hydrogen) atoms. The van der Waals surface area contributed by atoms with E-state index in [1.165, 1.54) is 0 Å². The van der Waals surface area contributed by atoms with Crippen LogP contribution in [0.5, 0.6) is 0 Å². The molecule has 7 heteroatoms. The molecule has 0 saturated carbocycles. The van der Waals surface area contributed by atoms with E-state index in [1.807, 2.05) is 6.92 Å². The predicted octanol–water partition coefficient (Wildman–Crippen LogP) is -0.492. The van der Waals surface area contributed by atoms with Gasteiger partial charge in [-0.05, 0) is 13.3 Å². The number of anilines is 1. The third-order valence-corrected chi connectivity index (χ3v) is 2.27. The highest BCUT2D eigenvalue weighted by Gasteiger charge is 2.08. The van der Waals surface area contributed by atoms with Crippen LogP contribution in [0.1, 0.15) is 19.2 Å². The lowest BCUT2D eigenvalue weighted by molar-refractivity contribution is 0.652. The van der Waals surface area contributed by atoms with E-state index in [1.54, 1.807) is 0 Å². The summed E-state index contributed by atoms with van der Waals surface area (Å²) in [5, 5.41) is 0. The van der Waals surface area contributed by atoms with E-state index in [9.17, 15) is 4.79 Å². The second-order valence-corrected chi connectivity index (χ2v) is 3.85. The fraction of sp³-hybridized carbons (Fsp3) is 0.444. The molecule has 2 heterocycles. The van der Waals surface area contributed by atoms with Crippen LogP contribution in [0.2, 0.25) is 0 Å². The van der Waals surface area contributed by atoms with Crippen LogP contribution in [0.3, 0.4) is 0 Å². The Kier molecular flexibility index (Phi) is 2.61. The number of H-pyrrole nitrogens is 2. The van der Waals surface area contributed by atoms with E-state index in [4.69, 9.17) is 11.5 Å². The van der Waals surface area contributed by atoms with Crippen LogP contribution < -0.4 is 17.0 Å². The molecule has 0 radical (unpaired) electrons. The summed E-state index contributed by atoms with van der Waals surface area (Å²) in [6, 6.07) is 0.101. The topological polar surface area (TPSA) is 126 Å². The first-order valence-electron chi connectivity index (χ1n) is 5.06. The minimum absolute atomic E-state index is 0.0720. The van der Waals surface area contributed by atoms with Gasteiger partial charge in [0.15, 0.2) is 11.2 Å². The van der Waals surface area contributed by atoms with E-state index >= 15 is 0 Å². The minimum atomic E-state index is -0.304. The molecule has 2 aromatic heterocycles. The SMILES string of the molecule is CC(N)CCc1nc2nc(N)[nH]c(=O)c2[nH]1. The first-order chi connectivity index (χ1) is 7.56. The van der Waals surface area contributed by atoms with Gasteiger partial charge in [-0.15, -0.1) is 0 Å². The number of imidazole rings is 1. The standard InChI is InChI=1S/C9H14N6O/c1-4(10)2-3-5-12-6-7(13-5)14-9(11)15-8(6)16/h4H,2-3,10H2,1H3,(H4,11,12,13,14,15,16). The van der Waals surface area contributed by atoms with Gasteiger partial charge in [-0.2, -0.15) is 4.98 Å². The van der Waals surface area contributed by atoms with Crippen LogP contribution in [0.4, 0.5) is 5.95 Å². The molecule has 86 valence electrons. The van der Waals surface area contributed by atoms with Gasteiger partial charge in [0.05, 0.1) is 0 Å². The normalized spacial score (nSPS) is 13.1. The number of hydrogen-bond acceptors (Lipinski definition) is 5. The van der Waals surface area contributed by atoms with Gasteiger partial charge >= 0.3 is 0 Å². The van der Waals surface area contributed by atoms with Crippen molar-refractivity contribution in [1.29, 1.82) is 0 Å². The highest BCUT2D eigenvalue weighted by Crippen LogP contribution is 2.06. The fourth-order valence-electron chi connectivity index (χ4n) is 1.45. The lowest BCUT2D eigenvalue weighted by atomic mass is 10.2. The number of nitrogens with zero attached hydrogens (tertiary/aromatic N) is 2. The lowest BCUT2D eigenvalue weighted by Gasteiger charge is -2.00. The molecular weight excluding hydrogens is 208 g/mol. The first-order valence-corrected chi connectivity index (χ1v) is 5.06. The molecule has 0 amide bonds. The summed E-state index contributed by atoms with van der Waals surface area (Å²) in [6.45, 7) is 1.92. The number of fused-ring (bicyclic) bond motifs is 1. The molecule has 0 saturated heterocycles. The summed E-state index contributed by atoms with van der Waals surface area (Å²) in [4.78, 5) is 24.9. The summed E-state index contributed by atoms with van der Waals surface area (Å²) < 4.78 is 0. The van der Waals surface area contributed by atoms with Gasteiger partial charge in [0.1, 0.15) is 5.82 Å². The summed E-state index contributed by atoms with van der Waals surface area (Å²) in [7, 11) is 0. The van der Waals surface area contributed by atoms with E-state index in [0.717, 1.165) is 6.42 Å². The monoisotopic (exact) mass is 222 g/mol. The van der Waals surface area contributed by atoms with Crippen molar-refractivity contribution in [2.75, 3.05) is 5.73 Å². The van der Waals surface area contributed by atoms with E-state index in [0.29, 0.717) is 23.4 Å². The molecule has 0 bridgehead atoms. The van der Waals surface area contributed by atoms with Crippen LogP contribution in [0.15, 0.2) is 4.79 Å². The number of aromatic nitrogens is 4. The summed E-state index contributed by atoms with van der Waals surface area (Å²) in [5.41, 5.74) is 11.5. The Hall–Kier alpha value is -1.89. The molecule has 1 atom stereocenters. The van der Waals surface area contributed by atoms with Crippen molar-refractivity contribution >= 4 is 17.1 Å². The average Bonchev–Trinajstić information content (AvgIpc) is 2.57. The molecule has 0 spiro atoms. The Morgan fingerprint density at radius 3 is 2.81 bits per heavy atom. The average molecular weight is 222 g/mol. The lowest BCUT2D eigenvalue weighted by Crippen LogP contribution is -2.15. The van der Waals surface area contributed by atoms with Crippen LogP contribution in [-0.2, 0) is 6.42 Å². The molecule has 2 aromatic rings. The molecule has 0 fully saturated rings. The van der Waals surface area contributed by atoms with Crippen molar-refractivity contribution in [3.8, 4) is 0 Å². The minimum Gasteiger partial charge on any atom is -0.369 e. The number of aromatic amines is 2. The molecule has 2 rings (SSSR count). The second kappa shape index (κ2) is 3.93. The zero-order valence-electron chi connectivity index (χ0n) is 8.95. The van der Waals surface area contributed by atoms with Crippen molar-refractivity contribution in [2.45, 2.75) is 25.8 Å². The van der Waals surface area contributed by atoms with E-state index in [-0.39, 0.29) is 17.5 Å². The Morgan fingerprint density at radius 2 is 2.12 bits per heavy atom. The zero-order valence-corrected chi connectivity index (χ0v) is 8.95. The summed E-state index contributed by atoms with van der Waals surface area (Å²) in [6.07, 6.45) is 1.49. The Balaban J connectivity index is 2.36. The van der Waals surface area contributed by atoms with Gasteiger partial charge in [0, 0.05) is 12.5 Å². The first kappa shape index (κ1) is 10.6. The number of nitrogen functional groups attached to an aromatic ring is 1. The maximum atomic E-state index is 11.5. The third kappa shape index (κ3) is 2.03. The van der Waals surface area contributed by atoms with Crippen molar-refractivity contribution < 1.29 is 0 Å². The number of rotatable bonds is 3. The van der Waals surface area contributed by atoms with Gasteiger partial charge < -0.3 is 16.5 Å². The second-order valence-electron chi connectivity index (χ2n) is 3.85. The van der Waals surface area contributed by atoms with Crippen molar-refractivity contribution in [1.82, 2.24) is 19.9 Å². The fourth-order valence-corrected chi connectivity index (χ4v) is 1.45. The van der Waals surface area contributed by atoms with Gasteiger partial charge in [0.2, 0.25) is 5.95 Å². The Bertz CT molecular complexity index is 555. The number of nitrogens with one attached hydrogen (secondary N) is 2. The molecule has 6 N–H and O–H groups in total. The Labute approximate surface area is 91.3 Å². The number of aryl methyl sites for hydroxylation is 1. The van der Waals surface area contributed by atoms with Crippen LogP contribution in [0.25, 0.3) is 11.2 Å². The molecule has 1 unspecified atom stereocenters. The van der Waals surface area contributed by atoms with E-state index in [2.05, 4.69) is 19.9 Å². The highest BCUT2D eigenvalue weighted by molar-refractivity contribution is 5.70. The van der Waals surface area contributed by atoms with Crippen LogP contribution >= 0.6 is 0 Å². The predicted molar refractivity (Wildman–Crippen MR) is 60.9 cm³/mol. The van der Waals surface area contributed by atoms with Crippen LogP contribution in [-0.4, -0.2) is 26.0 Å². The smallest absolute Gasteiger partial charge is 0.278 e. The van der Waals surface area contributed by atoms with Crippen molar-refractivity contribution in [2.24, 2.45) is 5.73 Å². The largest absolute Gasteiger partial charge is 0.369 e. The quantitative estimate of drug-likeness (QED) is 0.557. The maximum Gasteiger partial charge on any atom is 0.278 e. The molecule has 0 aromatic carbocycles. The van der Waals surface area contributed by atoms with Gasteiger partial charge in [-0.3, -0.25) is 9.78 Å². The van der Waals surface area contributed by atoms with Gasteiger partial charge in [0.25, 0.3) is 5.56 Å². The summed E-state index contributed by atoms with van der Waals surface area (Å²) >= 11 is 0. The van der Waals surface area contributed by atoms with Gasteiger partial charge in [-0.25, -0.2) is 4.98 Å². The molecule has 0 aliphatic rings. The maximum absolute atomic E-state index is 11.5. The molecule has 0 aliphatic carbocycles. The highest BCUT2D eigenvalue weighted by atomic mass is 16.1.